The second-order valence-electron chi connectivity index (χ2n) is 4.38. The minimum Gasteiger partial charge on any atom is -0.494 e. The third-order valence-electron chi connectivity index (χ3n) is 3.31. The standard InChI is InChI=1S/C13H16N2O2/c1-16-10-3-2-4-11-12(10)15-13(17-11)9-5-7-14-8-6-9/h2-4,9,14H,5-8H2,1H3. The van der Waals surface area contributed by atoms with Crippen LogP contribution in [0.3, 0.4) is 0 Å². The number of rotatable bonds is 2. The van der Waals surface area contributed by atoms with E-state index in [-0.39, 0.29) is 0 Å². The maximum Gasteiger partial charge on any atom is 0.198 e. The third-order valence-corrected chi connectivity index (χ3v) is 3.31. The predicted octanol–water partition coefficient (Wildman–Crippen LogP) is 2.30. The van der Waals surface area contributed by atoms with Gasteiger partial charge in [0.15, 0.2) is 17.0 Å². The van der Waals surface area contributed by atoms with Crippen molar-refractivity contribution in [2.75, 3.05) is 20.2 Å². The fourth-order valence-corrected chi connectivity index (χ4v) is 2.35. The zero-order valence-electron chi connectivity index (χ0n) is 9.90. The molecule has 2 aromatic rings. The Kier molecular flexibility index (Phi) is 2.73. The molecule has 0 saturated carbocycles. The van der Waals surface area contributed by atoms with Crippen molar-refractivity contribution in [3.8, 4) is 5.75 Å². The largest absolute Gasteiger partial charge is 0.494 e. The molecule has 0 bridgehead atoms. The van der Waals surface area contributed by atoms with Gasteiger partial charge in [0.2, 0.25) is 0 Å². The summed E-state index contributed by atoms with van der Waals surface area (Å²) in [5.74, 6) is 2.07. The monoisotopic (exact) mass is 232 g/mol. The molecule has 1 aliphatic heterocycles. The number of para-hydroxylation sites is 1. The number of hydrogen-bond donors (Lipinski definition) is 1. The normalized spacial score (nSPS) is 17.5. The van der Waals surface area contributed by atoms with Crippen molar-refractivity contribution >= 4 is 11.1 Å². The second-order valence-corrected chi connectivity index (χ2v) is 4.38. The molecule has 2 heterocycles. The summed E-state index contributed by atoms with van der Waals surface area (Å²) < 4.78 is 11.1. The van der Waals surface area contributed by atoms with Gasteiger partial charge in [-0.2, -0.15) is 0 Å². The molecule has 0 amide bonds. The van der Waals surface area contributed by atoms with Gasteiger partial charge >= 0.3 is 0 Å². The summed E-state index contributed by atoms with van der Waals surface area (Å²) in [6.45, 7) is 2.08. The van der Waals surface area contributed by atoms with E-state index >= 15 is 0 Å². The maximum absolute atomic E-state index is 5.83. The molecule has 0 atom stereocenters. The number of fused-ring (bicyclic) bond motifs is 1. The first kappa shape index (κ1) is 10.6. The minimum absolute atomic E-state index is 0.438. The number of nitrogens with one attached hydrogen (secondary N) is 1. The fourth-order valence-electron chi connectivity index (χ4n) is 2.35. The zero-order valence-corrected chi connectivity index (χ0v) is 9.90. The molecule has 4 heteroatoms. The van der Waals surface area contributed by atoms with Crippen LogP contribution in [0.2, 0.25) is 0 Å². The molecule has 1 N–H and O–H groups in total. The Balaban J connectivity index is 2.00. The lowest BCUT2D eigenvalue weighted by Crippen LogP contribution is -2.26. The smallest absolute Gasteiger partial charge is 0.198 e. The van der Waals surface area contributed by atoms with Gasteiger partial charge in [0, 0.05) is 5.92 Å². The van der Waals surface area contributed by atoms with Crippen LogP contribution in [-0.2, 0) is 0 Å². The Morgan fingerprint density at radius 1 is 1.35 bits per heavy atom. The van der Waals surface area contributed by atoms with Crippen LogP contribution in [0.15, 0.2) is 22.6 Å². The van der Waals surface area contributed by atoms with E-state index in [0.29, 0.717) is 5.92 Å². The first-order valence-corrected chi connectivity index (χ1v) is 6.02. The zero-order chi connectivity index (χ0) is 11.7. The minimum atomic E-state index is 0.438. The Labute approximate surface area is 100.0 Å². The van der Waals surface area contributed by atoms with Gasteiger partial charge in [-0.05, 0) is 38.1 Å². The number of hydrogen-bond acceptors (Lipinski definition) is 4. The van der Waals surface area contributed by atoms with Crippen LogP contribution in [0.4, 0.5) is 0 Å². The van der Waals surface area contributed by atoms with Crippen molar-refractivity contribution in [1.82, 2.24) is 10.3 Å². The van der Waals surface area contributed by atoms with Crippen molar-refractivity contribution in [2.24, 2.45) is 0 Å². The van der Waals surface area contributed by atoms with E-state index < -0.39 is 0 Å². The molecule has 0 unspecified atom stereocenters. The van der Waals surface area contributed by atoms with Gasteiger partial charge in [-0.3, -0.25) is 0 Å². The van der Waals surface area contributed by atoms with Crippen LogP contribution in [0, 0.1) is 0 Å². The number of nitrogens with zero attached hydrogens (tertiary/aromatic N) is 1. The van der Waals surface area contributed by atoms with Crippen molar-refractivity contribution in [3.63, 3.8) is 0 Å². The molecular formula is C13H16N2O2. The van der Waals surface area contributed by atoms with Gasteiger partial charge in [-0.1, -0.05) is 6.07 Å². The van der Waals surface area contributed by atoms with Gasteiger partial charge in [-0.25, -0.2) is 4.98 Å². The average molecular weight is 232 g/mol. The molecule has 1 aromatic heterocycles. The van der Waals surface area contributed by atoms with Gasteiger partial charge in [0.05, 0.1) is 7.11 Å². The summed E-state index contributed by atoms with van der Waals surface area (Å²) in [7, 11) is 1.66. The average Bonchev–Trinajstić information content (AvgIpc) is 2.83. The lowest BCUT2D eigenvalue weighted by molar-refractivity contribution is 0.385. The Bertz CT molecular complexity index is 515. The number of methoxy groups -OCH3 is 1. The molecular weight excluding hydrogens is 216 g/mol. The highest BCUT2D eigenvalue weighted by atomic mass is 16.5. The molecule has 1 fully saturated rings. The molecule has 4 nitrogen and oxygen atoms in total. The third kappa shape index (κ3) is 1.89. The van der Waals surface area contributed by atoms with Crippen LogP contribution in [0.25, 0.3) is 11.1 Å². The summed E-state index contributed by atoms with van der Waals surface area (Å²) in [6.07, 6.45) is 2.18. The number of aromatic nitrogens is 1. The van der Waals surface area contributed by atoms with E-state index in [1.807, 2.05) is 18.2 Å². The van der Waals surface area contributed by atoms with Crippen LogP contribution in [-0.4, -0.2) is 25.2 Å². The molecule has 1 aromatic carbocycles. The van der Waals surface area contributed by atoms with Crippen LogP contribution >= 0.6 is 0 Å². The van der Waals surface area contributed by atoms with Crippen LogP contribution in [0.1, 0.15) is 24.7 Å². The Morgan fingerprint density at radius 3 is 2.94 bits per heavy atom. The second kappa shape index (κ2) is 4.37. The molecule has 1 aliphatic rings. The summed E-state index contributed by atoms with van der Waals surface area (Å²) >= 11 is 0. The molecule has 0 radical (unpaired) electrons. The quantitative estimate of drug-likeness (QED) is 0.863. The Hall–Kier alpha value is -1.55. The number of piperidine rings is 1. The molecule has 17 heavy (non-hydrogen) atoms. The van der Waals surface area contributed by atoms with Crippen molar-refractivity contribution in [1.29, 1.82) is 0 Å². The molecule has 3 rings (SSSR count). The van der Waals surface area contributed by atoms with E-state index in [1.165, 1.54) is 0 Å². The lowest BCUT2D eigenvalue weighted by atomic mass is 9.98. The van der Waals surface area contributed by atoms with Crippen LogP contribution < -0.4 is 10.1 Å². The number of oxazole rings is 1. The first-order valence-electron chi connectivity index (χ1n) is 6.02. The SMILES string of the molecule is COc1cccc2oc(C3CCNCC3)nc12. The number of benzene rings is 1. The van der Waals surface area contributed by atoms with Gasteiger partial charge in [0.1, 0.15) is 5.75 Å². The predicted molar refractivity (Wildman–Crippen MR) is 65.4 cm³/mol. The van der Waals surface area contributed by atoms with E-state index in [9.17, 15) is 0 Å². The van der Waals surface area contributed by atoms with E-state index in [4.69, 9.17) is 9.15 Å². The van der Waals surface area contributed by atoms with E-state index in [2.05, 4.69) is 10.3 Å². The fraction of sp³-hybridized carbons (Fsp3) is 0.462. The van der Waals surface area contributed by atoms with Crippen molar-refractivity contribution in [2.45, 2.75) is 18.8 Å². The topological polar surface area (TPSA) is 47.3 Å². The molecule has 90 valence electrons. The molecule has 0 spiro atoms. The van der Waals surface area contributed by atoms with Crippen molar-refractivity contribution < 1.29 is 9.15 Å². The molecule has 1 saturated heterocycles. The summed E-state index contributed by atoms with van der Waals surface area (Å²) in [6, 6.07) is 5.78. The first-order chi connectivity index (χ1) is 8.38. The summed E-state index contributed by atoms with van der Waals surface area (Å²) in [4.78, 5) is 4.59. The highest BCUT2D eigenvalue weighted by molar-refractivity contribution is 5.79. The van der Waals surface area contributed by atoms with Gasteiger partial charge in [0.25, 0.3) is 0 Å². The van der Waals surface area contributed by atoms with Crippen LogP contribution in [0.5, 0.6) is 5.75 Å². The van der Waals surface area contributed by atoms with Gasteiger partial charge < -0.3 is 14.5 Å². The van der Waals surface area contributed by atoms with E-state index in [0.717, 1.165) is 48.7 Å². The summed E-state index contributed by atoms with van der Waals surface area (Å²) in [5.41, 5.74) is 1.65. The number of ether oxygens (including phenoxy) is 1. The maximum atomic E-state index is 5.83. The van der Waals surface area contributed by atoms with Gasteiger partial charge in [-0.15, -0.1) is 0 Å². The summed E-state index contributed by atoms with van der Waals surface area (Å²) in [5, 5.41) is 3.35. The van der Waals surface area contributed by atoms with E-state index in [1.54, 1.807) is 7.11 Å². The Morgan fingerprint density at radius 2 is 2.18 bits per heavy atom. The molecule has 0 aliphatic carbocycles. The van der Waals surface area contributed by atoms with Crippen molar-refractivity contribution in [3.05, 3.63) is 24.1 Å². The lowest BCUT2D eigenvalue weighted by Gasteiger charge is -2.19. The highest BCUT2D eigenvalue weighted by Crippen LogP contribution is 2.31. The highest BCUT2D eigenvalue weighted by Gasteiger charge is 2.21.